The summed E-state index contributed by atoms with van der Waals surface area (Å²) in [6, 6.07) is 14.7. The first kappa shape index (κ1) is 16.2. The third-order valence-electron chi connectivity index (χ3n) is 3.12. The molecule has 0 atom stereocenters. The van der Waals surface area contributed by atoms with Crippen LogP contribution in [0.1, 0.15) is 12.8 Å². The number of ether oxygens (including phenoxy) is 1. The van der Waals surface area contributed by atoms with Crippen molar-refractivity contribution in [1.82, 2.24) is 10.2 Å². The maximum absolute atomic E-state index is 11.2. The number of nitrogens with zero attached hydrogens (tertiary/aromatic N) is 2. The molecule has 1 heterocycles. The summed E-state index contributed by atoms with van der Waals surface area (Å²) in [6.45, 7) is 1.55. The number of aromatic nitrogens is 2. The molecule has 3 rings (SSSR count). The number of carbonyl (C=O) groups excluding carboxylic acids is 1. The number of benzene rings is 2. The minimum absolute atomic E-state index is 0.105. The fourth-order valence-electron chi connectivity index (χ4n) is 2.08. The molecule has 0 aliphatic carbocycles. The normalized spacial score (nSPS) is 10.4. The number of carbonyl (C=O) groups is 1. The topological polar surface area (TPSA) is 77.2 Å². The zero-order valence-electron chi connectivity index (χ0n) is 12.8. The molecule has 0 aliphatic heterocycles. The monoisotopic (exact) mass is 387 g/mol. The molecule has 0 saturated carbocycles. The zero-order valence-corrected chi connectivity index (χ0v) is 14.4. The number of anilines is 1. The molecule has 0 aliphatic rings. The van der Waals surface area contributed by atoms with Gasteiger partial charge in [-0.3, -0.25) is 4.79 Å². The third-order valence-corrected chi connectivity index (χ3v) is 3.81. The van der Waals surface area contributed by atoms with Gasteiger partial charge in [0.05, 0.1) is 11.3 Å². The van der Waals surface area contributed by atoms with E-state index >= 15 is 0 Å². The van der Waals surface area contributed by atoms with Gasteiger partial charge in [0, 0.05) is 11.4 Å². The Hall–Kier alpha value is -2.67. The molecule has 1 N–H and O–H groups in total. The quantitative estimate of drug-likeness (QED) is 0.714. The molecule has 0 unspecified atom stereocenters. The van der Waals surface area contributed by atoms with Crippen LogP contribution in [0.4, 0.5) is 5.69 Å². The van der Waals surface area contributed by atoms with Crippen molar-refractivity contribution in [2.45, 2.75) is 13.5 Å². The maximum atomic E-state index is 11.2. The zero-order chi connectivity index (χ0) is 16.9. The van der Waals surface area contributed by atoms with E-state index in [2.05, 4.69) is 31.4 Å². The largest absolute Gasteiger partial charge is 0.482 e. The number of halogens is 1. The van der Waals surface area contributed by atoms with Crippen LogP contribution >= 0.6 is 15.9 Å². The van der Waals surface area contributed by atoms with Gasteiger partial charge in [0.2, 0.25) is 11.8 Å². The molecule has 0 fully saturated rings. The Morgan fingerprint density at radius 2 is 1.92 bits per heavy atom. The highest BCUT2D eigenvalue weighted by Crippen LogP contribution is 2.28. The van der Waals surface area contributed by atoms with Gasteiger partial charge in [-0.2, -0.15) is 0 Å². The highest BCUT2D eigenvalue weighted by molar-refractivity contribution is 9.10. The van der Waals surface area contributed by atoms with E-state index in [4.69, 9.17) is 9.15 Å². The molecule has 0 spiro atoms. The standard InChI is InChI=1S/C17H14BrN3O3/c1-11(22)19-14-8-4-5-9-15(14)23-10-16-20-21-17(24-16)12-6-2-3-7-13(12)18/h2-9H,10H2,1H3,(H,19,22). The van der Waals surface area contributed by atoms with Crippen LogP contribution in [0.25, 0.3) is 11.5 Å². The van der Waals surface area contributed by atoms with E-state index in [0.29, 0.717) is 23.2 Å². The number of nitrogens with one attached hydrogen (secondary N) is 1. The highest BCUT2D eigenvalue weighted by atomic mass is 79.9. The lowest BCUT2D eigenvalue weighted by Crippen LogP contribution is -2.07. The summed E-state index contributed by atoms with van der Waals surface area (Å²) in [7, 11) is 0. The molecular weight excluding hydrogens is 374 g/mol. The van der Waals surface area contributed by atoms with Crippen molar-refractivity contribution < 1.29 is 13.9 Å². The van der Waals surface area contributed by atoms with E-state index in [1.54, 1.807) is 12.1 Å². The Balaban J connectivity index is 1.73. The average molecular weight is 388 g/mol. The molecule has 122 valence electrons. The molecule has 0 radical (unpaired) electrons. The maximum Gasteiger partial charge on any atom is 0.254 e. The van der Waals surface area contributed by atoms with Gasteiger partial charge >= 0.3 is 0 Å². The second kappa shape index (κ2) is 7.27. The molecule has 2 aromatic carbocycles. The summed E-state index contributed by atoms with van der Waals surface area (Å²) in [5, 5.41) is 10.7. The van der Waals surface area contributed by atoms with E-state index in [0.717, 1.165) is 10.0 Å². The SMILES string of the molecule is CC(=O)Nc1ccccc1OCc1nnc(-c2ccccc2Br)o1. The predicted octanol–water partition coefficient (Wildman–Crippen LogP) is 4.04. The Morgan fingerprint density at radius 1 is 1.17 bits per heavy atom. The van der Waals surface area contributed by atoms with Gasteiger partial charge in [-0.05, 0) is 40.2 Å². The summed E-state index contributed by atoms with van der Waals surface area (Å²) < 4.78 is 12.2. The number of hydrogen-bond donors (Lipinski definition) is 1. The molecule has 24 heavy (non-hydrogen) atoms. The van der Waals surface area contributed by atoms with Gasteiger partial charge in [0.15, 0.2) is 6.61 Å². The second-order valence-electron chi connectivity index (χ2n) is 4.95. The summed E-state index contributed by atoms with van der Waals surface area (Å²) in [6.07, 6.45) is 0. The third kappa shape index (κ3) is 3.80. The average Bonchev–Trinajstić information content (AvgIpc) is 3.03. The molecule has 1 amide bonds. The number of para-hydroxylation sites is 2. The second-order valence-corrected chi connectivity index (χ2v) is 5.80. The number of amides is 1. The Labute approximate surface area is 147 Å². The Bertz CT molecular complexity index is 864. The van der Waals surface area contributed by atoms with Crippen molar-refractivity contribution in [2.75, 3.05) is 5.32 Å². The Kier molecular flexibility index (Phi) is 4.90. The van der Waals surface area contributed by atoms with Crippen molar-refractivity contribution >= 4 is 27.5 Å². The van der Waals surface area contributed by atoms with Crippen LogP contribution in [0.15, 0.2) is 57.4 Å². The van der Waals surface area contributed by atoms with Crippen LogP contribution in [0.5, 0.6) is 5.75 Å². The number of hydrogen-bond acceptors (Lipinski definition) is 5. The summed E-state index contributed by atoms with van der Waals surface area (Å²) in [4.78, 5) is 11.2. The van der Waals surface area contributed by atoms with Crippen LogP contribution in [0.3, 0.4) is 0 Å². The summed E-state index contributed by atoms with van der Waals surface area (Å²) in [5.41, 5.74) is 1.41. The van der Waals surface area contributed by atoms with Gasteiger partial charge in [0.25, 0.3) is 5.89 Å². The fourth-order valence-corrected chi connectivity index (χ4v) is 2.53. The van der Waals surface area contributed by atoms with Gasteiger partial charge in [0.1, 0.15) is 5.75 Å². The smallest absolute Gasteiger partial charge is 0.254 e. The summed E-state index contributed by atoms with van der Waals surface area (Å²) >= 11 is 3.45. The van der Waals surface area contributed by atoms with Crippen LogP contribution < -0.4 is 10.1 Å². The van der Waals surface area contributed by atoms with E-state index in [1.165, 1.54) is 6.92 Å². The lowest BCUT2D eigenvalue weighted by Gasteiger charge is -2.09. The lowest BCUT2D eigenvalue weighted by atomic mass is 10.2. The van der Waals surface area contributed by atoms with Gasteiger partial charge in [-0.1, -0.05) is 24.3 Å². The van der Waals surface area contributed by atoms with Gasteiger partial charge in [-0.15, -0.1) is 10.2 Å². The van der Waals surface area contributed by atoms with Crippen LogP contribution in [-0.2, 0) is 11.4 Å². The minimum atomic E-state index is -0.167. The predicted molar refractivity (Wildman–Crippen MR) is 92.5 cm³/mol. The van der Waals surface area contributed by atoms with E-state index < -0.39 is 0 Å². The van der Waals surface area contributed by atoms with E-state index in [-0.39, 0.29) is 12.5 Å². The molecular formula is C17H14BrN3O3. The molecule has 0 bridgehead atoms. The van der Waals surface area contributed by atoms with Gasteiger partial charge < -0.3 is 14.5 Å². The lowest BCUT2D eigenvalue weighted by molar-refractivity contribution is -0.114. The first-order chi connectivity index (χ1) is 11.6. The van der Waals surface area contributed by atoms with Crippen LogP contribution in [-0.4, -0.2) is 16.1 Å². The van der Waals surface area contributed by atoms with Gasteiger partial charge in [-0.25, -0.2) is 0 Å². The van der Waals surface area contributed by atoms with Crippen molar-refractivity contribution in [3.05, 3.63) is 58.9 Å². The summed E-state index contributed by atoms with van der Waals surface area (Å²) in [5.74, 6) is 1.13. The fraction of sp³-hybridized carbons (Fsp3) is 0.118. The minimum Gasteiger partial charge on any atom is -0.482 e. The van der Waals surface area contributed by atoms with E-state index in [1.807, 2.05) is 36.4 Å². The number of rotatable bonds is 5. The molecule has 1 aromatic heterocycles. The first-order valence-electron chi connectivity index (χ1n) is 7.20. The van der Waals surface area contributed by atoms with Crippen LogP contribution in [0, 0.1) is 0 Å². The van der Waals surface area contributed by atoms with Crippen molar-refractivity contribution in [3.63, 3.8) is 0 Å². The van der Waals surface area contributed by atoms with Crippen molar-refractivity contribution in [3.8, 4) is 17.2 Å². The Morgan fingerprint density at radius 3 is 2.71 bits per heavy atom. The molecule has 3 aromatic rings. The first-order valence-corrected chi connectivity index (χ1v) is 7.99. The molecule has 0 saturated heterocycles. The molecule has 7 heteroatoms. The molecule has 6 nitrogen and oxygen atoms in total. The van der Waals surface area contributed by atoms with Crippen LogP contribution in [0.2, 0.25) is 0 Å². The van der Waals surface area contributed by atoms with E-state index in [9.17, 15) is 4.79 Å². The highest BCUT2D eigenvalue weighted by Gasteiger charge is 2.12. The van der Waals surface area contributed by atoms with Crippen molar-refractivity contribution in [2.24, 2.45) is 0 Å². The van der Waals surface area contributed by atoms with Crippen molar-refractivity contribution in [1.29, 1.82) is 0 Å².